The molecule has 0 aliphatic heterocycles. The summed E-state index contributed by atoms with van der Waals surface area (Å²) in [6.45, 7) is 11.6. The Morgan fingerprint density at radius 2 is 1.29 bits per heavy atom. The van der Waals surface area contributed by atoms with Crippen LogP contribution in [-0.4, -0.2) is 45.0 Å². The average Bonchev–Trinajstić information content (AvgIpc) is 2.78. The van der Waals surface area contributed by atoms with Gasteiger partial charge in [-0.05, 0) is 49.2 Å². The number of rotatable bonds is 8. The molecule has 2 unspecified atom stereocenters. The maximum Gasteiger partial charge on any atom is 0.324 e. The molecule has 0 radical (unpaired) electrons. The van der Waals surface area contributed by atoms with Crippen LogP contribution in [0.15, 0.2) is 48.5 Å². The first-order valence-corrected chi connectivity index (χ1v) is 12.7. The first kappa shape index (κ1) is 30.1. The SMILES string of the molecule is CC(Br)C(=O)OCC(C)(C)CO.CC(Br)C(=O)Oc1ccc(C(C)(C)c2ccc(O)cc2)cc1. The van der Waals surface area contributed by atoms with Crippen molar-refractivity contribution in [3.63, 3.8) is 0 Å². The summed E-state index contributed by atoms with van der Waals surface area (Å²) in [7, 11) is 0. The van der Waals surface area contributed by atoms with E-state index in [1.54, 1.807) is 38.1 Å². The maximum atomic E-state index is 11.6. The highest BCUT2D eigenvalue weighted by atomic mass is 79.9. The van der Waals surface area contributed by atoms with Gasteiger partial charge in [0.25, 0.3) is 0 Å². The third kappa shape index (κ3) is 9.76. The van der Waals surface area contributed by atoms with Crippen molar-refractivity contribution in [1.29, 1.82) is 0 Å². The van der Waals surface area contributed by atoms with E-state index in [-0.39, 0.29) is 51.4 Å². The van der Waals surface area contributed by atoms with Crippen LogP contribution in [0.2, 0.25) is 0 Å². The molecule has 34 heavy (non-hydrogen) atoms. The Morgan fingerprint density at radius 3 is 1.71 bits per heavy atom. The van der Waals surface area contributed by atoms with E-state index >= 15 is 0 Å². The van der Waals surface area contributed by atoms with E-state index in [0.29, 0.717) is 5.75 Å². The number of phenols is 1. The van der Waals surface area contributed by atoms with Crippen LogP contribution in [0.4, 0.5) is 0 Å². The quantitative estimate of drug-likeness (QED) is 0.228. The van der Waals surface area contributed by atoms with Gasteiger partial charge in [0, 0.05) is 10.8 Å². The smallest absolute Gasteiger partial charge is 0.324 e. The zero-order valence-electron chi connectivity index (χ0n) is 20.5. The number of hydrogen-bond acceptors (Lipinski definition) is 6. The second-order valence-electron chi connectivity index (χ2n) is 9.28. The number of halogens is 2. The molecular formula is C26H34Br2O6. The molecule has 0 amide bonds. The first-order valence-electron chi connectivity index (χ1n) is 10.9. The van der Waals surface area contributed by atoms with Gasteiger partial charge >= 0.3 is 11.9 Å². The molecule has 0 aliphatic rings. The third-order valence-electron chi connectivity index (χ3n) is 5.07. The normalized spacial score (nSPS) is 13.2. The predicted molar refractivity (Wildman–Crippen MR) is 141 cm³/mol. The van der Waals surface area contributed by atoms with E-state index in [0.717, 1.165) is 11.1 Å². The van der Waals surface area contributed by atoms with Gasteiger partial charge in [-0.1, -0.05) is 83.8 Å². The molecule has 2 aromatic carbocycles. The Kier molecular flexibility index (Phi) is 11.7. The summed E-state index contributed by atoms with van der Waals surface area (Å²) in [6.07, 6.45) is 0. The number of aliphatic hydroxyl groups excluding tert-OH is 1. The number of carbonyl (C=O) groups is 2. The van der Waals surface area contributed by atoms with Crippen molar-refractivity contribution in [2.24, 2.45) is 5.41 Å². The van der Waals surface area contributed by atoms with Crippen LogP contribution in [0.1, 0.15) is 52.7 Å². The lowest BCUT2D eigenvalue weighted by atomic mass is 9.78. The standard InChI is InChI=1S/C18H19BrO3.C8H15BrO3/c1-12(19)17(21)22-16-10-6-14(7-11-16)18(2,3)13-4-8-15(20)9-5-13;1-6(9)7(11)12-5-8(2,3)4-10/h4-12,20H,1-3H3;6,10H,4-5H2,1-3H3. The highest BCUT2D eigenvalue weighted by Gasteiger charge is 2.23. The number of alkyl halides is 2. The minimum Gasteiger partial charge on any atom is -0.508 e. The molecule has 6 nitrogen and oxygen atoms in total. The van der Waals surface area contributed by atoms with Crippen molar-refractivity contribution in [1.82, 2.24) is 0 Å². The summed E-state index contributed by atoms with van der Waals surface area (Å²) >= 11 is 6.28. The van der Waals surface area contributed by atoms with Crippen LogP contribution in [0.3, 0.4) is 0 Å². The number of ether oxygens (including phenoxy) is 2. The molecule has 0 aliphatic carbocycles. The number of carbonyl (C=O) groups excluding carboxylic acids is 2. The lowest BCUT2D eigenvalue weighted by Crippen LogP contribution is -2.27. The summed E-state index contributed by atoms with van der Waals surface area (Å²) in [5, 5.41) is 18.2. The van der Waals surface area contributed by atoms with E-state index in [2.05, 4.69) is 45.7 Å². The Labute approximate surface area is 218 Å². The second kappa shape index (κ2) is 13.3. The van der Waals surface area contributed by atoms with Crippen molar-refractivity contribution >= 4 is 43.8 Å². The molecule has 2 rings (SSSR count). The van der Waals surface area contributed by atoms with Gasteiger partial charge in [-0.3, -0.25) is 9.59 Å². The lowest BCUT2D eigenvalue weighted by Gasteiger charge is -2.26. The number of esters is 2. The van der Waals surface area contributed by atoms with Crippen LogP contribution in [0.5, 0.6) is 11.5 Å². The van der Waals surface area contributed by atoms with Gasteiger partial charge < -0.3 is 19.7 Å². The Bertz CT molecular complexity index is 919. The highest BCUT2D eigenvalue weighted by molar-refractivity contribution is 9.10. The van der Waals surface area contributed by atoms with Gasteiger partial charge in [0.15, 0.2) is 0 Å². The van der Waals surface area contributed by atoms with E-state index in [4.69, 9.17) is 14.6 Å². The topological polar surface area (TPSA) is 93.1 Å². The molecule has 0 aromatic heterocycles. The summed E-state index contributed by atoms with van der Waals surface area (Å²) in [5.74, 6) is 0.175. The summed E-state index contributed by atoms with van der Waals surface area (Å²) in [5.41, 5.74) is 1.64. The van der Waals surface area contributed by atoms with Crippen LogP contribution in [0.25, 0.3) is 0 Å². The predicted octanol–water partition coefficient (Wildman–Crippen LogP) is 5.74. The first-order chi connectivity index (χ1) is 15.7. The Morgan fingerprint density at radius 1 is 0.853 bits per heavy atom. The fourth-order valence-corrected chi connectivity index (χ4v) is 2.83. The highest BCUT2D eigenvalue weighted by Crippen LogP contribution is 2.33. The van der Waals surface area contributed by atoms with E-state index < -0.39 is 0 Å². The van der Waals surface area contributed by atoms with Gasteiger partial charge in [-0.15, -0.1) is 0 Å². The summed E-state index contributed by atoms with van der Waals surface area (Å²) in [6, 6.07) is 14.7. The molecule has 2 atom stereocenters. The van der Waals surface area contributed by atoms with Crippen LogP contribution in [-0.2, 0) is 19.7 Å². The molecular weight excluding hydrogens is 568 g/mol. The minimum atomic E-state index is -0.350. The van der Waals surface area contributed by atoms with Gasteiger partial charge in [0.2, 0.25) is 0 Å². The second-order valence-corrected chi connectivity index (χ2v) is 12.0. The van der Waals surface area contributed by atoms with Crippen LogP contribution < -0.4 is 4.74 Å². The summed E-state index contributed by atoms with van der Waals surface area (Å²) < 4.78 is 10.2. The number of aromatic hydroxyl groups is 1. The molecule has 188 valence electrons. The Hall–Kier alpha value is -1.90. The number of aliphatic hydroxyl groups is 1. The van der Waals surface area contributed by atoms with Crippen LogP contribution >= 0.6 is 31.9 Å². The van der Waals surface area contributed by atoms with E-state index in [9.17, 15) is 14.7 Å². The molecule has 2 N–H and O–H groups in total. The van der Waals surface area contributed by atoms with Crippen molar-refractivity contribution in [3.8, 4) is 11.5 Å². The molecule has 0 bridgehead atoms. The third-order valence-corrected chi connectivity index (χ3v) is 5.81. The maximum absolute atomic E-state index is 11.6. The molecule has 0 saturated carbocycles. The van der Waals surface area contributed by atoms with Crippen molar-refractivity contribution in [2.45, 2.75) is 56.6 Å². The molecule has 2 aromatic rings. The lowest BCUT2D eigenvalue weighted by molar-refractivity contribution is -0.146. The summed E-state index contributed by atoms with van der Waals surface area (Å²) in [4.78, 5) is 21.9. The Balaban J connectivity index is 0.000000411. The van der Waals surface area contributed by atoms with E-state index in [1.807, 2.05) is 38.1 Å². The van der Waals surface area contributed by atoms with E-state index in [1.165, 1.54) is 0 Å². The number of hydrogen-bond donors (Lipinski definition) is 2. The minimum absolute atomic E-state index is 0.0109. The molecule has 8 heteroatoms. The van der Waals surface area contributed by atoms with Gasteiger partial charge in [0.05, 0.1) is 13.2 Å². The fraction of sp³-hybridized carbons (Fsp3) is 0.462. The van der Waals surface area contributed by atoms with Gasteiger partial charge in [0.1, 0.15) is 21.2 Å². The zero-order chi connectivity index (χ0) is 26.1. The number of benzene rings is 2. The molecule has 0 spiro atoms. The average molecular weight is 602 g/mol. The molecule has 0 fully saturated rings. The number of phenolic OH excluding ortho intramolecular Hbond substituents is 1. The molecule has 0 saturated heterocycles. The van der Waals surface area contributed by atoms with Gasteiger partial charge in [-0.25, -0.2) is 0 Å². The molecule has 0 heterocycles. The van der Waals surface area contributed by atoms with Crippen LogP contribution in [0, 0.1) is 5.41 Å². The zero-order valence-corrected chi connectivity index (χ0v) is 23.6. The van der Waals surface area contributed by atoms with Crippen molar-refractivity contribution in [3.05, 3.63) is 59.7 Å². The van der Waals surface area contributed by atoms with Crippen molar-refractivity contribution in [2.75, 3.05) is 13.2 Å². The monoisotopic (exact) mass is 600 g/mol. The van der Waals surface area contributed by atoms with Crippen molar-refractivity contribution < 1.29 is 29.3 Å². The largest absolute Gasteiger partial charge is 0.508 e. The van der Waals surface area contributed by atoms with Gasteiger partial charge in [-0.2, -0.15) is 0 Å². The fourth-order valence-electron chi connectivity index (χ4n) is 2.61.